The normalized spacial score (nSPS) is 11.2. The van der Waals surface area contributed by atoms with E-state index in [1.54, 1.807) is 20.0 Å². The van der Waals surface area contributed by atoms with Crippen molar-refractivity contribution in [1.29, 1.82) is 0 Å². The number of carbonyl (C=O) groups is 1. The van der Waals surface area contributed by atoms with E-state index < -0.39 is 11.8 Å². The molecule has 150 valence electrons. The molecule has 3 rings (SSSR count). The van der Waals surface area contributed by atoms with Crippen molar-refractivity contribution < 1.29 is 28.5 Å². The van der Waals surface area contributed by atoms with E-state index in [1.165, 1.54) is 42.4 Å². The SMILES string of the molecule is COC(=O)/C(=C/O)c1c(Oc2cc(Oc3ccccc3F)ncn2)c(C)nn1C. The number of aliphatic hydroxyl groups is 1. The van der Waals surface area contributed by atoms with E-state index in [0.29, 0.717) is 12.0 Å². The number of nitrogens with zero attached hydrogens (tertiary/aromatic N) is 4. The summed E-state index contributed by atoms with van der Waals surface area (Å²) in [5, 5.41) is 13.7. The maximum Gasteiger partial charge on any atom is 0.343 e. The molecule has 1 N–H and O–H groups in total. The van der Waals surface area contributed by atoms with Crippen molar-refractivity contribution >= 4 is 11.5 Å². The highest BCUT2D eigenvalue weighted by atomic mass is 19.1. The van der Waals surface area contributed by atoms with Gasteiger partial charge in [0.1, 0.15) is 23.3 Å². The van der Waals surface area contributed by atoms with Crippen LogP contribution in [0.2, 0.25) is 0 Å². The van der Waals surface area contributed by atoms with Gasteiger partial charge in [-0.1, -0.05) is 12.1 Å². The Hall–Kier alpha value is -3.95. The molecule has 0 aliphatic rings. The van der Waals surface area contributed by atoms with Gasteiger partial charge in [0.05, 0.1) is 19.4 Å². The lowest BCUT2D eigenvalue weighted by Crippen LogP contribution is -2.09. The zero-order chi connectivity index (χ0) is 21.0. The molecule has 2 heterocycles. The molecule has 0 bridgehead atoms. The molecule has 0 atom stereocenters. The first-order valence-electron chi connectivity index (χ1n) is 8.33. The number of aliphatic hydroxyl groups excluding tert-OH is 1. The lowest BCUT2D eigenvalue weighted by molar-refractivity contribution is -0.133. The maximum absolute atomic E-state index is 13.8. The molecule has 0 saturated heterocycles. The van der Waals surface area contributed by atoms with Crippen LogP contribution in [0.4, 0.5) is 4.39 Å². The molecule has 9 nitrogen and oxygen atoms in total. The fourth-order valence-electron chi connectivity index (χ4n) is 2.56. The van der Waals surface area contributed by atoms with Crippen molar-refractivity contribution in [3.8, 4) is 23.3 Å². The summed E-state index contributed by atoms with van der Waals surface area (Å²) >= 11 is 0. The third kappa shape index (κ3) is 4.15. The summed E-state index contributed by atoms with van der Waals surface area (Å²) in [7, 11) is 2.76. The molecule has 0 saturated carbocycles. The Morgan fingerprint density at radius 1 is 1.21 bits per heavy atom. The molecule has 10 heteroatoms. The van der Waals surface area contributed by atoms with Gasteiger partial charge in [-0.2, -0.15) is 5.10 Å². The van der Waals surface area contributed by atoms with Crippen molar-refractivity contribution in [2.45, 2.75) is 6.92 Å². The standard InChI is InChI=1S/C19H17FN4O5/c1-11-18(17(24(2)23-11)12(9-25)19(26)27-3)29-16-8-15(21-10-22-16)28-14-7-5-4-6-13(14)20/h4-10,25H,1-3H3/b12-9+. The Kier molecular flexibility index (Phi) is 5.72. The van der Waals surface area contributed by atoms with E-state index in [-0.39, 0.29) is 34.5 Å². The summed E-state index contributed by atoms with van der Waals surface area (Å²) < 4.78 is 31.0. The fourth-order valence-corrected chi connectivity index (χ4v) is 2.56. The highest BCUT2D eigenvalue weighted by molar-refractivity contribution is 6.16. The number of methoxy groups -OCH3 is 1. The summed E-state index contributed by atoms with van der Waals surface area (Å²) in [5.41, 5.74) is 0.468. The average Bonchev–Trinajstić information content (AvgIpc) is 2.98. The maximum atomic E-state index is 13.8. The molecule has 29 heavy (non-hydrogen) atoms. The number of aromatic nitrogens is 4. The van der Waals surface area contributed by atoms with Crippen molar-refractivity contribution in [1.82, 2.24) is 19.7 Å². The number of halogens is 1. The third-order valence-electron chi connectivity index (χ3n) is 3.83. The molecular formula is C19H17FN4O5. The van der Waals surface area contributed by atoms with E-state index in [2.05, 4.69) is 19.8 Å². The van der Waals surface area contributed by atoms with E-state index >= 15 is 0 Å². The minimum atomic E-state index is -0.772. The molecule has 0 spiro atoms. The third-order valence-corrected chi connectivity index (χ3v) is 3.83. The van der Waals surface area contributed by atoms with Crippen LogP contribution in [0.15, 0.2) is 42.9 Å². The minimum absolute atomic E-state index is 0.00779. The first-order chi connectivity index (χ1) is 13.9. The van der Waals surface area contributed by atoms with Crippen molar-refractivity contribution in [2.24, 2.45) is 7.05 Å². The van der Waals surface area contributed by atoms with Crippen LogP contribution in [-0.4, -0.2) is 37.9 Å². The lowest BCUT2D eigenvalue weighted by Gasteiger charge is -2.10. The summed E-state index contributed by atoms with van der Waals surface area (Å²) in [4.78, 5) is 19.9. The monoisotopic (exact) mass is 400 g/mol. The van der Waals surface area contributed by atoms with Gasteiger partial charge in [0.15, 0.2) is 17.3 Å². The molecule has 0 unspecified atom stereocenters. The predicted molar refractivity (Wildman–Crippen MR) is 99.1 cm³/mol. The van der Waals surface area contributed by atoms with E-state index in [0.717, 1.165) is 0 Å². The fraction of sp³-hybridized carbons (Fsp3) is 0.158. The molecule has 1 aromatic carbocycles. The van der Waals surface area contributed by atoms with E-state index in [9.17, 15) is 14.3 Å². The van der Waals surface area contributed by atoms with Crippen LogP contribution in [0.25, 0.3) is 5.57 Å². The van der Waals surface area contributed by atoms with Crippen molar-refractivity contribution in [3.63, 3.8) is 0 Å². The van der Waals surface area contributed by atoms with Gasteiger partial charge in [-0.15, -0.1) is 0 Å². The Labute approximate surface area is 165 Å². The van der Waals surface area contributed by atoms with Gasteiger partial charge in [0.25, 0.3) is 0 Å². The molecule has 0 radical (unpaired) electrons. The Balaban J connectivity index is 1.93. The Morgan fingerprint density at radius 2 is 1.90 bits per heavy atom. The summed E-state index contributed by atoms with van der Waals surface area (Å²) in [6.45, 7) is 1.66. The number of para-hydroxylation sites is 1. The molecular weight excluding hydrogens is 383 g/mol. The van der Waals surface area contributed by atoms with Crippen LogP contribution < -0.4 is 9.47 Å². The zero-order valence-electron chi connectivity index (χ0n) is 15.8. The van der Waals surface area contributed by atoms with Crippen LogP contribution >= 0.6 is 0 Å². The summed E-state index contributed by atoms with van der Waals surface area (Å²) in [6, 6.07) is 7.22. The van der Waals surface area contributed by atoms with Crippen LogP contribution in [0, 0.1) is 12.7 Å². The van der Waals surface area contributed by atoms with Gasteiger partial charge >= 0.3 is 5.97 Å². The first kappa shape index (κ1) is 19.8. The largest absolute Gasteiger partial charge is 0.515 e. The van der Waals surface area contributed by atoms with Gasteiger partial charge in [0.2, 0.25) is 11.8 Å². The number of esters is 1. The molecule has 0 aliphatic heterocycles. The van der Waals surface area contributed by atoms with Crippen LogP contribution in [0.5, 0.6) is 23.3 Å². The number of hydrogen-bond acceptors (Lipinski definition) is 8. The average molecular weight is 400 g/mol. The van der Waals surface area contributed by atoms with Gasteiger partial charge in [0, 0.05) is 7.05 Å². The van der Waals surface area contributed by atoms with Gasteiger partial charge < -0.3 is 19.3 Å². The molecule has 0 fully saturated rings. The van der Waals surface area contributed by atoms with E-state index in [4.69, 9.17) is 9.47 Å². The number of benzene rings is 1. The van der Waals surface area contributed by atoms with Crippen molar-refractivity contribution in [3.05, 3.63) is 60.1 Å². The highest BCUT2D eigenvalue weighted by Gasteiger charge is 2.25. The number of aryl methyl sites for hydroxylation is 2. The second kappa shape index (κ2) is 8.38. The molecule has 3 aromatic rings. The molecule has 0 amide bonds. The van der Waals surface area contributed by atoms with E-state index in [1.807, 2.05) is 0 Å². The Morgan fingerprint density at radius 3 is 2.55 bits per heavy atom. The van der Waals surface area contributed by atoms with Crippen LogP contribution in [0.1, 0.15) is 11.4 Å². The summed E-state index contributed by atoms with van der Waals surface area (Å²) in [6.07, 6.45) is 1.79. The quantitative estimate of drug-likeness (QED) is 0.381. The van der Waals surface area contributed by atoms with Crippen molar-refractivity contribution in [2.75, 3.05) is 7.11 Å². The number of ether oxygens (including phenoxy) is 3. The van der Waals surface area contributed by atoms with Crippen LogP contribution in [-0.2, 0) is 16.6 Å². The molecule has 0 aliphatic carbocycles. The summed E-state index contributed by atoms with van der Waals surface area (Å²) in [5.74, 6) is -1.04. The Bertz CT molecular complexity index is 1080. The van der Waals surface area contributed by atoms with Gasteiger partial charge in [-0.05, 0) is 19.1 Å². The molecule has 2 aromatic heterocycles. The number of rotatable bonds is 6. The predicted octanol–water partition coefficient (Wildman–Crippen LogP) is 3.31. The topological polar surface area (TPSA) is 109 Å². The lowest BCUT2D eigenvalue weighted by atomic mass is 10.2. The van der Waals surface area contributed by atoms with Gasteiger partial charge in [-0.25, -0.2) is 19.2 Å². The number of hydrogen-bond donors (Lipinski definition) is 1. The minimum Gasteiger partial charge on any atom is -0.515 e. The highest BCUT2D eigenvalue weighted by Crippen LogP contribution is 2.34. The number of carbonyl (C=O) groups excluding carboxylic acids is 1. The second-order valence-corrected chi connectivity index (χ2v) is 5.75. The first-order valence-corrected chi connectivity index (χ1v) is 8.33. The second-order valence-electron chi connectivity index (χ2n) is 5.75. The van der Waals surface area contributed by atoms with Crippen LogP contribution in [0.3, 0.4) is 0 Å². The zero-order valence-corrected chi connectivity index (χ0v) is 15.8. The van der Waals surface area contributed by atoms with Gasteiger partial charge in [-0.3, -0.25) is 4.68 Å². The smallest absolute Gasteiger partial charge is 0.343 e.